The molecule has 0 aromatic carbocycles. The molecular weight excluding hydrogens is 394 g/mol. The molecule has 1 aliphatic rings. The van der Waals surface area contributed by atoms with Gasteiger partial charge in [0.05, 0.1) is 12.6 Å². The number of carbonyl (C=O) groups excluding carboxylic acids is 3. The van der Waals surface area contributed by atoms with Crippen molar-refractivity contribution in [3.63, 3.8) is 0 Å². The topological polar surface area (TPSA) is 131 Å². The van der Waals surface area contributed by atoms with Crippen LogP contribution in [0.4, 0.5) is 0 Å². The van der Waals surface area contributed by atoms with E-state index in [0.29, 0.717) is 25.3 Å². The molecule has 0 unspecified atom stereocenters. The van der Waals surface area contributed by atoms with Crippen LogP contribution in [0.25, 0.3) is 0 Å². The molecule has 6 N–H and O–H groups in total. The Hall–Kier alpha value is -1.35. The van der Waals surface area contributed by atoms with Gasteiger partial charge < -0.3 is 22.1 Å². The van der Waals surface area contributed by atoms with E-state index in [4.69, 9.17) is 11.5 Å². The second-order valence-electron chi connectivity index (χ2n) is 8.83. The molecule has 0 spiro atoms. The number of amides is 1. The minimum Gasteiger partial charge on any atom is -0.356 e. The lowest BCUT2D eigenvalue weighted by molar-refractivity contribution is -0.124. The average molecular weight is 444 g/mol. The molecule has 1 rings (SSSR count). The van der Waals surface area contributed by atoms with Gasteiger partial charge in [-0.2, -0.15) is 0 Å². The Morgan fingerprint density at radius 3 is 1.90 bits per heavy atom. The van der Waals surface area contributed by atoms with Gasteiger partial charge in [-0.15, -0.1) is 0 Å². The van der Waals surface area contributed by atoms with Gasteiger partial charge in [-0.05, 0) is 19.4 Å². The minimum atomic E-state index is -0.356. The van der Waals surface area contributed by atoms with Crippen molar-refractivity contribution in [3.05, 3.63) is 0 Å². The lowest BCUT2D eigenvalue weighted by Gasteiger charge is -2.26. The van der Waals surface area contributed by atoms with Crippen LogP contribution in [0.2, 0.25) is 0 Å². The van der Waals surface area contributed by atoms with Crippen molar-refractivity contribution < 1.29 is 14.4 Å². The van der Waals surface area contributed by atoms with Crippen molar-refractivity contribution in [1.29, 1.82) is 0 Å². The van der Waals surface area contributed by atoms with Gasteiger partial charge in [0.15, 0.2) is 5.78 Å². The van der Waals surface area contributed by atoms with E-state index in [2.05, 4.69) is 15.5 Å². The highest BCUT2D eigenvalue weighted by Gasteiger charge is 2.16. The minimum absolute atomic E-state index is 0.0292. The van der Waals surface area contributed by atoms with Gasteiger partial charge in [0.25, 0.3) is 0 Å². The van der Waals surface area contributed by atoms with Crippen molar-refractivity contribution in [2.75, 3.05) is 45.8 Å². The predicted molar refractivity (Wildman–Crippen MR) is 129 cm³/mol. The van der Waals surface area contributed by atoms with E-state index in [-0.39, 0.29) is 35.5 Å². The van der Waals surface area contributed by atoms with Crippen LogP contribution in [0.15, 0.2) is 0 Å². The first kappa shape index (κ1) is 31.8. The number of rotatable bonds is 10. The highest BCUT2D eigenvalue weighted by atomic mass is 16.2. The van der Waals surface area contributed by atoms with Gasteiger partial charge in [-0.3, -0.25) is 19.3 Å². The third kappa shape index (κ3) is 18.0. The van der Waals surface area contributed by atoms with E-state index in [1.54, 1.807) is 0 Å². The van der Waals surface area contributed by atoms with Gasteiger partial charge >= 0.3 is 0 Å². The average Bonchev–Trinajstić information content (AvgIpc) is 2.72. The summed E-state index contributed by atoms with van der Waals surface area (Å²) in [5, 5.41) is 6.06. The van der Waals surface area contributed by atoms with E-state index in [9.17, 15) is 14.4 Å². The summed E-state index contributed by atoms with van der Waals surface area (Å²) in [5.74, 6) is 0.942. The number of nitrogens with one attached hydrogen (secondary N) is 2. The molecule has 1 amide bonds. The Bertz CT molecular complexity index is 490. The third-order valence-electron chi connectivity index (χ3n) is 4.72. The molecule has 31 heavy (non-hydrogen) atoms. The third-order valence-corrected chi connectivity index (χ3v) is 4.72. The van der Waals surface area contributed by atoms with Crippen molar-refractivity contribution >= 4 is 17.5 Å². The number of ketones is 2. The Morgan fingerprint density at radius 2 is 1.52 bits per heavy atom. The van der Waals surface area contributed by atoms with Gasteiger partial charge in [-0.25, -0.2) is 0 Å². The molecule has 0 radical (unpaired) electrons. The van der Waals surface area contributed by atoms with Crippen LogP contribution in [0.1, 0.15) is 61.3 Å². The van der Waals surface area contributed by atoms with Gasteiger partial charge in [-0.1, -0.05) is 48.5 Å². The molecule has 184 valence electrons. The molecule has 0 aliphatic carbocycles. The van der Waals surface area contributed by atoms with Crippen molar-refractivity contribution in [1.82, 2.24) is 15.5 Å². The molecule has 0 bridgehead atoms. The van der Waals surface area contributed by atoms with E-state index in [0.717, 1.165) is 39.1 Å². The highest BCUT2D eigenvalue weighted by Crippen LogP contribution is 2.00. The van der Waals surface area contributed by atoms with Crippen LogP contribution in [0.3, 0.4) is 0 Å². The van der Waals surface area contributed by atoms with Crippen LogP contribution in [0, 0.1) is 17.8 Å². The quantitative estimate of drug-likeness (QED) is 0.399. The molecule has 1 atom stereocenters. The van der Waals surface area contributed by atoms with Gasteiger partial charge in [0.2, 0.25) is 5.91 Å². The summed E-state index contributed by atoms with van der Waals surface area (Å²) in [6.45, 7) is 19.4. The smallest absolute Gasteiger partial charge is 0.222 e. The highest BCUT2D eigenvalue weighted by molar-refractivity contribution is 5.85. The molecule has 1 fully saturated rings. The molecule has 1 saturated heterocycles. The van der Waals surface area contributed by atoms with Crippen LogP contribution in [0.5, 0.6) is 0 Å². The number of piperazine rings is 1. The standard InChI is InChI=1S/C9H18N2O.C7H16N2O.C7H15NO/c1-8(2)9(12)7-11-5-3-10-4-6-11;1-5(2)7(10)6(9)3-4-8;1-4-5-8-7(9)6(2)3/h8,10H,3-7H2,1-2H3;5-6H,3-4,8-9H2,1-2H3;6H,4-5H2,1-3H3,(H,8,9)/t;6-;/m.0./s1. The fourth-order valence-corrected chi connectivity index (χ4v) is 2.47. The van der Waals surface area contributed by atoms with E-state index < -0.39 is 0 Å². The Labute approximate surface area is 190 Å². The van der Waals surface area contributed by atoms with Crippen LogP contribution < -0.4 is 22.1 Å². The molecule has 1 aliphatic heterocycles. The lowest BCUT2D eigenvalue weighted by Crippen LogP contribution is -2.46. The number of hydrogen-bond acceptors (Lipinski definition) is 7. The van der Waals surface area contributed by atoms with Crippen molar-refractivity contribution in [3.8, 4) is 0 Å². The van der Waals surface area contributed by atoms with Crippen LogP contribution in [-0.2, 0) is 14.4 Å². The molecule has 0 aromatic rings. The summed E-state index contributed by atoms with van der Waals surface area (Å²) >= 11 is 0. The number of carbonyl (C=O) groups is 3. The van der Waals surface area contributed by atoms with Crippen LogP contribution in [-0.4, -0.2) is 74.2 Å². The van der Waals surface area contributed by atoms with E-state index in [1.807, 2.05) is 48.5 Å². The summed E-state index contributed by atoms with van der Waals surface area (Å²) < 4.78 is 0. The molecule has 0 aromatic heterocycles. The number of nitrogens with two attached hydrogens (primary N) is 2. The van der Waals surface area contributed by atoms with Gasteiger partial charge in [0.1, 0.15) is 5.78 Å². The molecule has 8 heteroatoms. The first-order chi connectivity index (χ1) is 14.5. The fourth-order valence-electron chi connectivity index (χ4n) is 2.47. The lowest BCUT2D eigenvalue weighted by atomic mass is 10.0. The first-order valence-corrected chi connectivity index (χ1v) is 11.7. The summed E-state index contributed by atoms with van der Waals surface area (Å²) in [7, 11) is 0. The largest absolute Gasteiger partial charge is 0.356 e. The zero-order valence-corrected chi connectivity index (χ0v) is 21.0. The Morgan fingerprint density at radius 1 is 0.968 bits per heavy atom. The number of nitrogens with zero attached hydrogens (tertiary/aromatic N) is 1. The number of Topliss-reactive ketones (excluding diaryl/α,β-unsaturated/α-hetero) is 2. The van der Waals surface area contributed by atoms with Crippen LogP contribution >= 0.6 is 0 Å². The Balaban J connectivity index is 0. The fraction of sp³-hybridized carbons (Fsp3) is 0.870. The maximum absolute atomic E-state index is 11.3. The monoisotopic (exact) mass is 443 g/mol. The maximum atomic E-state index is 11.3. The first-order valence-electron chi connectivity index (χ1n) is 11.7. The van der Waals surface area contributed by atoms with Gasteiger partial charge in [0, 0.05) is 50.5 Å². The summed E-state index contributed by atoms with van der Waals surface area (Å²) in [6, 6.07) is -0.356. The molecular formula is C23H49N5O3. The van der Waals surface area contributed by atoms with Crippen molar-refractivity contribution in [2.24, 2.45) is 29.2 Å². The van der Waals surface area contributed by atoms with Crippen molar-refractivity contribution in [2.45, 2.75) is 67.3 Å². The molecule has 1 heterocycles. The molecule has 8 nitrogen and oxygen atoms in total. The predicted octanol–water partition coefficient (Wildman–Crippen LogP) is 1.17. The zero-order chi connectivity index (χ0) is 24.4. The zero-order valence-electron chi connectivity index (χ0n) is 21.0. The SMILES string of the molecule is CC(C)C(=O)CN1CCNCC1.CC(C)C(=O)[C@@H](N)CCN.CCCNC(=O)C(C)C. The Kier molecular flexibility index (Phi) is 19.9. The molecule has 0 saturated carbocycles. The number of hydrogen-bond donors (Lipinski definition) is 4. The van der Waals surface area contributed by atoms with E-state index in [1.165, 1.54) is 0 Å². The summed E-state index contributed by atoms with van der Waals surface area (Å²) in [4.78, 5) is 35.4. The summed E-state index contributed by atoms with van der Waals surface area (Å²) in [6.07, 6.45) is 1.61. The second-order valence-corrected chi connectivity index (χ2v) is 8.83. The van der Waals surface area contributed by atoms with E-state index >= 15 is 0 Å². The summed E-state index contributed by atoms with van der Waals surface area (Å²) in [5.41, 5.74) is 10.7. The second kappa shape index (κ2) is 19.3. The normalized spacial score (nSPS) is 15.0. The maximum Gasteiger partial charge on any atom is 0.222 e.